The van der Waals surface area contributed by atoms with Gasteiger partial charge in [-0.3, -0.25) is 0 Å². The van der Waals surface area contributed by atoms with Crippen LogP contribution in [0.25, 0.3) is 0 Å². The molecule has 0 aromatic carbocycles. The molecule has 0 amide bonds. The number of nitrogens with zero attached hydrogens (tertiary/aromatic N) is 3. The van der Waals surface area contributed by atoms with E-state index in [1.807, 2.05) is 0 Å². The van der Waals surface area contributed by atoms with Crippen molar-refractivity contribution in [2.45, 2.75) is 89.6 Å². The summed E-state index contributed by atoms with van der Waals surface area (Å²) < 4.78 is 0. The zero-order chi connectivity index (χ0) is 25.2. The molecule has 1 aromatic rings. The van der Waals surface area contributed by atoms with Crippen LogP contribution in [0.3, 0.4) is 0 Å². The molecule has 0 aliphatic heterocycles. The van der Waals surface area contributed by atoms with Gasteiger partial charge in [-0.05, 0) is 58.0 Å². The Hall–Kier alpha value is -2.73. The normalized spacial score (nSPS) is 12.7. The molecule has 1 heterocycles. The van der Waals surface area contributed by atoms with Crippen LogP contribution in [-0.4, -0.2) is 68.8 Å². The lowest BCUT2D eigenvalue weighted by Crippen LogP contribution is -2.32. The van der Waals surface area contributed by atoms with Gasteiger partial charge in [-0.15, -0.1) is 0 Å². The van der Waals surface area contributed by atoms with Crippen LogP contribution in [0.4, 0.5) is 17.8 Å². The summed E-state index contributed by atoms with van der Waals surface area (Å²) >= 11 is 0. The zero-order valence-corrected chi connectivity index (χ0v) is 20.3. The first-order valence-electron chi connectivity index (χ1n) is 12.3. The summed E-state index contributed by atoms with van der Waals surface area (Å²) in [5.74, 6) is -1.66. The van der Waals surface area contributed by atoms with E-state index < -0.39 is 24.0 Å². The van der Waals surface area contributed by atoms with Gasteiger partial charge >= 0.3 is 11.9 Å². The van der Waals surface area contributed by atoms with Crippen molar-refractivity contribution >= 4 is 29.8 Å². The van der Waals surface area contributed by atoms with E-state index in [0.29, 0.717) is 58.2 Å². The summed E-state index contributed by atoms with van der Waals surface area (Å²) in [4.78, 5) is 36.3. The Kier molecular flexibility index (Phi) is 15.3. The first kappa shape index (κ1) is 29.3. The van der Waals surface area contributed by atoms with Gasteiger partial charge in [-0.2, -0.15) is 15.0 Å². The fourth-order valence-corrected chi connectivity index (χ4v) is 3.32. The minimum Gasteiger partial charge on any atom is -0.480 e. The van der Waals surface area contributed by atoms with Crippen molar-refractivity contribution in [3.8, 4) is 0 Å². The number of hydrogen-bond donors (Lipinski definition) is 7. The summed E-state index contributed by atoms with van der Waals surface area (Å²) in [7, 11) is 0. The molecule has 0 spiro atoms. The van der Waals surface area contributed by atoms with E-state index in [4.69, 9.17) is 11.5 Å². The number of rotatable bonds is 21. The van der Waals surface area contributed by atoms with Crippen molar-refractivity contribution in [1.29, 1.82) is 0 Å². The number of unbranched alkanes of at least 4 members (excludes halogenated alkanes) is 6. The summed E-state index contributed by atoms with van der Waals surface area (Å²) in [6.45, 7) is 3.77. The molecule has 0 saturated heterocycles. The fraction of sp³-hybridized carbons (Fsp3) is 0.773. The summed E-state index contributed by atoms with van der Waals surface area (Å²) in [5, 5.41) is 28.0. The first-order valence-corrected chi connectivity index (χ1v) is 12.3. The summed E-state index contributed by atoms with van der Waals surface area (Å²) in [6, 6.07) is -1.80. The highest BCUT2D eigenvalue weighted by molar-refractivity contribution is 5.77. The number of carbonyl (C=O) groups is 2. The van der Waals surface area contributed by atoms with Crippen LogP contribution in [0, 0.1) is 0 Å². The van der Waals surface area contributed by atoms with Crippen LogP contribution in [0.2, 0.25) is 0 Å². The summed E-state index contributed by atoms with van der Waals surface area (Å²) in [5.41, 5.74) is 11.0. The minimum absolute atomic E-state index is 0.0669. The van der Waals surface area contributed by atoms with Gasteiger partial charge in [0.25, 0.3) is 0 Å². The zero-order valence-electron chi connectivity index (χ0n) is 20.3. The molecule has 0 aliphatic rings. The Morgan fingerprint density at radius 1 is 0.735 bits per heavy atom. The van der Waals surface area contributed by atoms with Gasteiger partial charge in [-0.1, -0.05) is 32.6 Å². The van der Waals surface area contributed by atoms with E-state index in [0.717, 1.165) is 25.7 Å². The third-order valence-electron chi connectivity index (χ3n) is 5.30. The lowest BCUT2D eigenvalue weighted by atomic mass is 10.1. The Bertz CT molecular complexity index is 674. The first-order chi connectivity index (χ1) is 16.4. The second kappa shape index (κ2) is 17.7. The van der Waals surface area contributed by atoms with E-state index >= 15 is 0 Å². The largest absolute Gasteiger partial charge is 0.480 e. The highest BCUT2D eigenvalue weighted by atomic mass is 16.4. The second-order valence-corrected chi connectivity index (χ2v) is 8.29. The number of carboxylic acids is 2. The molecule has 34 heavy (non-hydrogen) atoms. The molecule has 2 atom stereocenters. The number of anilines is 3. The molecule has 12 heteroatoms. The molecule has 0 bridgehead atoms. The van der Waals surface area contributed by atoms with Gasteiger partial charge in [0.15, 0.2) is 0 Å². The molecular weight excluding hydrogens is 440 g/mol. The molecule has 0 radical (unpaired) electrons. The van der Waals surface area contributed by atoms with Crippen LogP contribution < -0.4 is 27.4 Å². The van der Waals surface area contributed by atoms with E-state index in [2.05, 4.69) is 37.8 Å². The highest BCUT2D eigenvalue weighted by Gasteiger charge is 2.21. The number of aromatic nitrogens is 3. The van der Waals surface area contributed by atoms with E-state index in [9.17, 15) is 19.8 Å². The van der Waals surface area contributed by atoms with Gasteiger partial charge in [0.1, 0.15) is 12.1 Å². The van der Waals surface area contributed by atoms with E-state index in [1.54, 1.807) is 0 Å². The van der Waals surface area contributed by atoms with Crippen molar-refractivity contribution in [3.63, 3.8) is 0 Å². The Balaban J connectivity index is 2.98. The van der Waals surface area contributed by atoms with Crippen molar-refractivity contribution < 1.29 is 19.8 Å². The monoisotopic (exact) mass is 482 g/mol. The van der Waals surface area contributed by atoms with Crippen molar-refractivity contribution in [2.75, 3.05) is 35.6 Å². The predicted molar refractivity (Wildman–Crippen MR) is 133 cm³/mol. The Morgan fingerprint density at radius 3 is 1.65 bits per heavy atom. The van der Waals surface area contributed by atoms with Crippen molar-refractivity contribution in [2.24, 2.45) is 11.5 Å². The predicted octanol–water partition coefficient (Wildman–Crippen LogP) is 2.24. The number of aliphatic carboxylic acids is 2. The maximum atomic E-state index is 11.7. The number of carboxylic acid groups (broad SMARTS) is 2. The number of nitrogens with one attached hydrogen (secondary N) is 3. The molecule has 0 saturated carbocycles. The number of nitrogens with two attached hydrogens (primary N) is 2. The standard InChI is InChI=1S/C22H42N8O4/c1-2-3-4-5-10-15-25-20-28-21(26-16(18(31)32)11-6-8-13-23)30-22(29-20)27-17(19(33)34)12-7-9-14-24/h16-17H,2-15,23-24H2,1H3,(H,31,32)(H,33,34)(H3,25,26,27,28,29,30). The molecule has 12 nitrogen and oxygen atoms in total. The van der Waals surface area contributed by atoms with Crippen LogP contribution >= 0.6 is 0 Å². The van der Waals surface area contributed by atoms with Crippen LogP contribution in [0.5, 0.6) is 0 Å². The summed E-state index contributed by atoms with van der Waals surface area (Å²) in [6.07, 6.45) is 8.94. The van der Waals surface area contributed by atoms with Crippen LogP contribution in [0.1, 0.15) is 77.6 Å². The smallest absolute Gasteiger partial charge is 0.326 e. The Labute approximate surface area is 201 Å². The maximum Gasteiger partial charge on any atom is 0.326 e. The van der Waals surface area contributed by atoms with E-state index in [1.165, 1.54) is 6.42 Å². The average molecular weight is 483 g/mol. The third kappa shape index (κ3) is 12.5. The molecule has 9 N–H and O–H groups in total. The molecule has 194 valence electrons. The topological polar surface area (TPSA) is 201 Å². The van der Waals surface area contributed by atoms with E-state index in [-0.39, 0.29) is 17.8 Å². The van der Waals surface area contributed by atoms with Gasteiger partial charge < -0.3 is 37.6 Å². The average Bonchev–Trinajstić information content (AvgIpc) is 2.80. The lowest BCUT2D eigenvalue weighted by Gasteiger charge is -2.18. The molecule has 0 aliphatic carbocycles. The number of hydrogen-bond acceptors (Lipinski definition) is 10. The fourth-order valence-electron chi connectivity index (χ4n) is 3.32. The minimum atomic E-state index is -1.03. The van der Waals surface area contributed by atoms with Crippen molar-refractivity contribution in [1.82, 2.24) is 15.0 Å². The molecule has 0 fully saturated rings. The van der Waals surface area contributed by atoms with Gasteiger partial charge in [0.05, 0.1) is 0 Å². The quantitative estimate of drug-likeness (QED) is 0.126. The molecule has 2 unspecified atom stereocenters. The third-order valence-corrected chi connectivity index (χ3v) is 5.30. The lowest BCUT2D eigenvalue weighted by molar-refractivity contribution is -0.139. The molecule has 1 aromatic heterocycles. The SMILES string of the molecule is CCCCCCCNc1nc(NC(CCCCN)C(=O)O)nc(NC(CCCCN)C(=O)O)n1. The maximum absolute atomic E-state index is 11.7. The van der Waals surface area contributed by atoms with Crippen LogP contribution in [0.15, 0.2) is 0 Å². The molecular formula is C22H42N8O4. The Morgan fingerprint density at radius 2 is 1.21 bits per heavy atom. The second-order valence-electron chi connectivity index (χ2n) is 8.29. The van der Waals surface area contributed by atoms with Crippen molar-refractivity contribution in [3.05, 3.63) is 0 Å². The van der Waals surface area contributed by atoms with Crippen LogP contribution in [-0.2, 0) is 9.59 Å². The van der Waals surface area contributed by atoms with Gasteiger partial charge in [0, 0.05) is 6.54 Å². The molecule has 1 rings (SSSR count). The van der Waals surface area contributed by atoms with Gasteiger partial charge in [-0.25, -0.2) is 9.59 Å². The van der Waals surface area contributed by atoms with Gasteiger partial charge in [0.2, 0.25) is 17.8 Å². The highest BCUT2D eigenvalue weighted by Crippen LogP contribution is 2.15.